The molecule has 3 aromatic rings. The summed E-state index contributed by atoms with van der Waals surface area (Å²) in [6, 6.07) is 20.2. The molecule has 5 heteroatoms. The maximum atomic E-state index is 6.89. The quantitative estimate of drug-likeness (QED) is 0.501. The lowest BCUT2D eigenvalue weighted by Gasteiger charge is -2.31. The second kappa shape index (κ2) is 5.66. The Balaban J connectivity index is 1.70. The van der Waals surface area contributed by atoms with Crippen LogP contribution in [0, 0.1) is 5.92 Å². The number of para-hydroxylation sites is 1. The average molecular weight is 403 g/mol. The summed E-state index contributed by atoms with van der Waals surface area (Å²) in [6.07, 6.45) is 0. The van der Waals surface area contributed by atoms with E-state index in [9.17, 15) is 0 Å². The van der Waals surface area contributed by atoms with Crippen molar-refractivity contribution in [1.29, 1.82) is 0 Å². The largest absolute Gasteiger partial charge is 0.497 e. The van der Waals surface area contributed by atoms with Gasteiger partial charge < -0.3 is 9.47 Å². The van der Waals surface area contributed by atoms with Gasteiger partial charge in [-0.15, -0.1) is 11.3 Å². The Hall–Kier alpha value is -1.68. The normalized spacial score (nSPS) is 27.8. The molecule has 0 unspecified atom stereocenters. The molecule has 1 fully saturated rings. The summed E-state index contributed by atoms with van der Waals surface area (Å²) in [4.78, 5) is 1.26. The third-order valence-corrected chi connectivity index (χ3v) is 7.45. The molecular formula is C21H16Cl2O2S. The maximum absolute atomic E-state index is 6.89. The molecule has 2 heterocycles. The molecule has 3 atom stereocenters. The number of ether oxygens (including phenoxy) is 2. The highest BCUT2D eigenvalue weighted by Gasteiger charge is 2.83. The molecule has 0 spiro atoms. The summed E-state index contributed by atoms with van der Waals surface area (Å²) in [7, 11) is 1.65. The first-order valence-corrected chi connectivity index (χ1v) is 10.1. The van der Waals surface area contributed by atoms with Gasteiger partial charge in [-0.05, 0) is 35.2 Å². The zero-order valence-electron chi connectivity index (χ0n) is 14.0. The lowest BCUT2D eigenvalue weighted by molar-refractivity contribution is 0.138. The number of benzene rings is 2. The van der Waals surface area contributed by atoms with Crippen LogP contribution in [0.4, 0.5) is 0 Å². The number of thiophene rings is 1. The van der Waals surface area contributed by atoms with Crippen molar-refractivity contribution in [3.8, 4) is 11.5 Å². The van der Waals surface area contributed by atoms with Gasteiger partial charge in [0, 0.05) is 16.4 Å². The van der Waals surface area contributed by atoms with Crippen molar-refractivity contribution < 1.29 is 9.47 Å². The van der Waals surface area contributed by atoms with Gasteiger partial charge in [-0.1, -0.05) is 59.6 Å². The number of hydrogen-bond acceptors (Lipinski definition) is 3. The van der Waals surface area contributed by atoms with Gasteiger partial charge in [0.2, 0.25) is 0 Å². The molecule has 26 heavy (non-hydrogen) atoms. The number of methoxy groups -OCH3 is 1. The molecule has 1 aliphatic carbocycles. The van der Waals surface area contributed by atoms with E-state index in [-0.39, 0.29) is 11.8 Å². The van der Waals surface area contributed by atoms with E-state index in [1.165, 1.54) is 4.88 Å². The molecule has 2 aliphatic rings. The predicted molar refractivity (Wildman–Crippen MR) is 106 cm³/mol. The molecule has 2 aromatic carbocycles. The monoisotopic (exact) mass is 402 g/mol. The third kappa shape index (κ3) is 2.05. The zero-order chi connectivity index (χ0) is 17.9. The summed E-state index contributed by atoms with van der Waals surface area (Å²) in [5, 5.41) is 2.09. The molecule has 0 saturated heterocycles. The molecule has 0 amide bonds. The van der Waals surface area contributed by atoms with Crippen molar-refractivity contribution in [3.63, 3.8) is 0 Å². The smallest absolute Gasteiger partial charge is 0.174 e. The lowest BCUT2D eigenvalue weighted by Crippen LogP contribution is -2.28. The Morgan fingerprint density at radius 1 is 1.00 bits per heavy atom. The highest BCUT2D eigenvalue weighted by Crippen LogP contribution is 2.77. The van der Waals surface area contributed by atoms with Crippen LogP contribution in [0.5, 0.6) is 11.5 Å². The minimum Gasteiger partial charge on any atom is -0.497 e. The second-order valence-electron chi connectivity index (χ2n) is 6.70. The predicted octanol–water partition coefficient (Wildman–Crippen LogP) is 5.98. The first-order chi connectivity index (χ1) is 12.6. The van der Waals surface area contributed by atoms with E-state index in [0.29, 0.717) is 0 Å². The maximum Gasteiger partial charge on any atom is 0.174 e. The fourth-order valence-electron chi connectivity index (χ4n) is 4.22. The van der Waals surface area contributed by atoms with Crippen LogP contribution in [0.1, 0.15) is 21.9 Å². The van der Waals surface area contributed by atoms with Crippen molar-refractivity contribution in [2.24, 2.45) is 5.92 Å². The van der Waals surface area contributed by atoms with Gasteiger partial charge in [0.05, 0.1) is 13.0 Å². The minimum atomic E-state index is -1.00. The topological polar surface area (TPSA) is 18.5 Å². The Morgan fingerprint density at radius 3 is 2.46 bits per heavy atom. The SMILES string of the molecule is COc1ccc([C@@]23Oc4ccccc4[C@H](c4cccs4)[C@@H]2C3(Cl)Cl)cc1. The molecule has 132 valence electrons. The fraction of sp³-hybridized carbons (Fsp3) is 0.238. The fourth-order valence-corrected chi connectivity index (χ4v) is 6.08. The van der Waals surface area contributed by atoms with Crippen LogP contribution >= 0.6 is 34.5 Å². The summed E-state index contributed by atoms with van der Waals surface area (Å²) in [5.74, 6) is 1.70. The summed E-state index contributed by atoms with van der Waals surface area (Å²) >= 11 is 15.5. The van der Waals surface area contributed by atoms with E-state index in [1.807, 2.05) is 42.5 Å². The Kier molecular flexibility index (Phi) is 3.59. The Labute approximate surface area is 166 Å². The molecule has 0 N–H and O–H groups in total. The number of halogens is 2. The molecule has 1 aromatic heterocycles. The molecule has 1 aliphatic heterocycles. The zero-order valence-corrected chi connectivity index (χ0v) is 16.3. The highest BCUT2D eigenvalue weighted by atomic mass is 35.5. The van der Waals surface area contributed by atoms with Gasteiger partial charge in [-0.25, -0.2) is 0 Å². The van der Waals surface area contributed by atoms with Gasteiger partial charge in [0.15, 0.2) is 9.93 Å². The van der Waals surface area contributed by atoms with E-state index in [4.69, 9.17) is 32.7 Å². The highest BCUT2D eigenvalue weighted by molar-refractivity contribution is 7.10. The van der Waals surface area contributed by atoms with Crippen LogP contribution in [0.3, 0.4) is 0 Å². The lowest BCUT2D eigenvalue weighted by atomic mass is 9.86. The Bertz CT molecular complexity index is 952. The van der Waals surface area contributed by atoms with Crippen molar-refractivity contribution >= 4 is 34.5 Å². The van der Waals surface area contributed by atoms with Gasteiger partial charge >= 0.3 is 0 Å². The van der Waals surface area contributed by atoms with Gasteiger partial charge in [-0.2, -0.15) is 0 Å². The van der Waals surface area contributed by atoms with E-state index < -0.39 is 9.93 Å². The van der Waals surface area contributed by atoms with Crippen LogP contribution in [-0.4, -0.2) is 11.4 Å². The van der Waals surface area contributed by atoms with Crippen LogP contribution in [0.2, 0.25) is 0 Å². The second-order valence-corrected chi connectivity index (χ2v) is 9.06. The molecule has 0 radical (unpaired) electrons. The minimum absolute atomic E-state index is 0.0553. The van der Waals surface area contributed by atoms with E-state index in [2.05, 4.69) is 23.6 Å². The van der Waals surface area contributed by atoms with Crippen molar-refractivity contribution in [2.75, 3.05) is 7.11 Å². The van der Waals surface area contributed by atoms with Crippen molar-refractivity contribution in [2.45, 2.75) is 15.9 Å². The molecule has 2 nitrogen and oxygen atoms in total. The molecular weight excluding hydrogens is 387 g/mol. The van der Waals surface area contributed by atoms with E-state index >= 15 is 0 Å². The first kappa shape index (κ1) is 16.5. The molecule has 1 saturated carbocycles. The summed E-state index contributed by atoms with van der Waals surface area (Å²) in [6.45, 7) is 0. The van der Waals surface area contributed by atoms with Gasteiger partial charge in [-0.3, -0.25) is 0 Å². The summed E-state index contributed by atoms with van der Waals surface area (Å²) in [5.41, 5.74) is 1.36. The van der Waals surface area contributed by atoms with Crippen LogP contribution < -0.4 is 9.47 Å². The van der Waals surface area contributed by atoms with Crippen LogP contribution in [0.15, 0.2) is 66.0 Å². The third-order valence-electron chi connectivity index (χ3n) is 5.47. The van der Waals surface area contributed by atoms with Crippen molar-refractivity contribution in [3.05, 3.63) is 82.0 Å². The molecule has 5 rings (SSSR count). The van der Waals surface area contributed by atoms with E-state index in [1.54, 1.807) is 18.4 Å². The van der Waals surface area contributed by atoms with E-state index in [0.717, 1.165) is 22.6 Å². The van der Waals surface area contributed by atoms with Gasteiger partial charge in [0.1, 0.15) is 11.5 Å². The Morgan fingerprint density at radius 2 is 1.77 bits per heavy atom. The molecule has 0 bridgehead atoms. The first-order valence-electron chi connectivity index (χ1n) is 8.43. The summed E-state index contributed by atoms with van der Waals surface area (Å²) < 4.78 is 10.8. The number of rotatable bonds is 3. The average Bonchev–Trinajstić information content (AvgIpc) is 3.02. The standard InChI is InChI=1S/C21H16Cl2O2S/c1-24-14-10-8-13(9-11-14)20-19(21(20,22)23)18(17-7-4-12-26-17)15-5-2-3-6-16(15)25-20/h2-12,18-19H,1H3/t18-,19+,20-/m1/s1. The van der Waals surface area contributed by atoms with Crippen molar-refractivity contribution in [1.82, 2.24) is 0 Å². The van der Waals surface area contributed by atoms with Crippen LogP contribution in [0.25, 0.3) is 0 Å². The number of fused-ring (bicyclic) bond motifs is 2. The van der Waals surface area contributed by atoms with Gasteiger partial charge in [0.25, 0.3) is 0 Å². The number of alkyl halides is 2. The van der Waals surface area contributed by atoms with Crippen LogP contribution in [-0.2, 0) is 5.60 Å². The number of hydrogen-bond donors (Lipinski definition) is 0.